The van der Waals surface area contributed by atoms with Gasteiger partial charge in [0.15, 0.2) is 0 Å². The number of carboxylic acid groups (broad SMARTS) is 1. The first kappa shape index (κ1) is 13.5. The lowest BCUT2D eigenvalue weighted by atomic mass is 10.1. The minimum Gasteiger partial charge on any atom is -0.496 e. The molecule has 0 spiro atoms. The summed E-state index contributed by atoms with van der Waals surface area (Å²) in [7, 11) is 1.66. The Bertz CT molecular complexity index is 377. The summed E-state index contributed by atoms with van der Waals surface area (Å²) in [5.74, 6) is 0.130. The molecule has 0 atom stereocenters. The normalized spacial score (nSPS) is 10.2. The first-order valence-electron chi connectivity index (χ1n) is 5.69. The molecule has 1 aromatic carbocycles. The molecule has 0 saturated heterocycles. The second kappa shape index (κ2) is 6.91. The third-order valence-electron chi connectivity index (χ3n) is 2.57. The van der Waals surface area contributed by atoms with E-state index in [4.69, 9.17) is 9.84 Å². The standard InChI is InChI=1S/C13H19NO3/c1-10-9-11(3-4-12(10)17-2)5-7-14-8-6-13(15)16/h3-4,9,14H,5-8H2,1-2H3,(H,15,16). The van der Waals surface area contributed by atoms with E-state index in [1.165, 1.54) is 5.56 Å². The van der Waals surface area contributed by atoms with Gasteiger partial charge in [0.2, 0.25) is 0 Å². The highest BCUT2D eigenvalue weighted by Gasteiger charge is 2.00. The van der Waals surface area contributed by atoms with Crippen LogP contribution in [0.1, 0.15) is 17.5 Å². The molecule has 0 amide bonds. The molecule has 1 rings (SSSR count). The molecule has 2 N–H and O–H groups in total. The van der Waals surface area contributed by atoms with E-state index in [9.17, 15) is 4.79 Å². The van der Waals surface area contributed by atoms with E-state index in [0.717, 1.165) is 24.3 Å². The Labute approximate surface area is 102 Å². The molecule has 94 valence electrons. The van der Waals surface area contributed by atoms with Gasteiger partial charge in [-0.25, -0.2) is 0 Å². The fourth-order valence-corrected chi connectivity index (χ4v) is 1.65. The van der Waals surface area contributed by atoms with Crippen LogP contribution >= 0.6 is 0 Å². The molecular formula is C13H19NO3. The van der Waals surface area contributed by atoms with Crippen molar-refractivity contribution in [1.29, 1.82) is 0 Å². The second-order valence-electron chi connectivity index (χ2n) is 3.95. The van der Waals surface area contributed by atoms with Crippen molar-refractivity contribution in [3.8, 4) is 5.75 Å². The highest BCUT2D eigenvalue weighted by molar-refractivity contribution is 5.66. The van der Waals surface area contributed by atoms with Crippen LogP contribution in [0, 0.1) is 6.92 Å². The number of nitrogens with one attached hydrogen (secondary N) is 1. The molecule has 0 bridgehead atoms. The fraction of sp³-hybridized carbons (Fsp3) is 0.462. The van der Waals surface area contributed by atoms with Gasteiger partial charge in [-0.15, -0.1) is 0 Å². The second-order valence-corrected chi connectivity index (χ2v) is 3.95. The van der Waals surface area contributed by atoms with Crippen molar-refractivity contribution in [2.75, 3.05) is 20.2 Å². The van der Waals surface area contributed by atoms with Gasteiger partial charge >= 0.3 is 5.97 Å². The van der Waals surface area contributed by atoms with Crippen LogP contribution in [0.5, 0.6) is 5.75 Å². The van der Waals surface area contributed by atoms with Crippen LogP contribution in [0.15, 0.2) is 18.2 Å². The molecule has 0 aliphatic carbocycles. The Balaban J connectivity index is 2.32. The van der Waals surface area contributed by atoms with Gasteiger partial charge in [-0.2, -0.15) is 0 Å². The predicted molar refractivity (Wildman–Crippen MR) is 66.6 cm³/mol. The summed E-state index contributed by atoms with van der Waals surface area (Å²) in [6, 6.07) is 6.09. The molecule has 4 nitrogen and oxygen atoms in total. The maximum Gasteiger partial charge on any atom is 0.304 e. The van der Waals surface area contributed by atoms with Gasteiger partial charge in [-0.1, -0.05) is 12.1 Å². The van der Waals surface area contributed by atoms with Gasteiger partial charge in [0, 0.05) is 6.54 Å². The molecule has 0 unspecified atom stereocenters. The monoisotopic (exact) mass is 237 g/mol. The summed E-state index contributed by atoms with van der Waals surface area (Å²) in [4.78, 5) is 10.3. The van der Waals surface area contributed by atoms with Crippen LogP contribution in [-0.4, -0.2) is 31.3 Å². The lowest BCUT2D eigenvalue weighted by Gasteiger charge is -2.07. The van der Waals surface area contributed by atoms with Crippen molar-refractivity contribution in [2.45, 2.75) is 19.8 Å². The summed E-state index contributed by atoms with van der Waals surface area (Å²) in [5.41, 5.74) is 2.35. The average Bonchev–Trinajstić information content (AvgIpc) is 2.28. The van der Waals surface area contributed by atoms with Crippen molar-refractivity contribution in [2.24, 2.45) is 0 Å². The third-order valence-corrected chi connectivity index (χ3v) is 2.57. The molecular weight excluding hydrogens is 218 g/mol. The number of ether oxygens (including phenoxy) is 1. The van der Waals surface area contributed by atoms with E-state index in [1.54, 1.807) is 7.11 Å². The number of aryl methyl sites for hydroxylation is 1. The Morgan fingerprint density at radius 1 is 1.41 bits per heavy atom. The molecule has 4 heteroatoms. The SMILES string of the molecule is COc1ccc(CCNCCC(=O)O)cc1C. The van der Waals surface area contributed by atoms with Gasteiger partial charge in [0.05, 0.1) is 13.5 Å². The van der Waals surface area contributed by atoms with E-state index < -0.39 is 5.97 Å². The number of hydrogen-bond acceptors (Lipinski definition) is 3. The van der Waals surface area contributed by atoms with Crippen molar-refractivity contribution < 1.29 is 14.6 Å². The fourth-order valence-electron chi connectivity index (χ4n) is 1.65. The number of carbonyl (C=O) groups is 1. The molecule has 0 fully saturated rings. The van der Waals surface area contributed by atoms with Crippen LogP contribution in [0.4, 0.5) is 0 Å². The van der Waals surface area contributed by atoms with Crippen LogP contribution in [0.2, 0.25) is 0 Å². The van der Waals surface area contributed by atoms with Crippen molar-refractivity contribution >= 4 is 5.97 Å². The van der Waals surface area contributed by atoms with Crippen LogP contribution in [-0.2, 0) is 11.2 Å². The maximum absolute atomic E-state index is 10.3. The number of hydrogen-bond donors (Lipinski definition) is 2. The number of rotatable bonds is 7. The number of aliphatic carboxylic acids is 1. The molecule has 0 aromatic heterocycles. The summed E-state index contributed by atoms with van der Waals surface area (Å²) in [6.45, 7) is 3.32. The van der Waals surface area contributed by atoms with Gasteiger partial charge in [-0.05, 0) is 37.1 Å². The summed E-state index contributed by atoms with van der Waals surface area (Å²) in [6.07, 6.45) is 1.06. The quantitative estimate of drug-likeness (QED) is 0.707. The number of methoxy groups -OCH3 is 1. The lowest BCUT2D eigenvalue weighted by Crippen LogP contribution is -2.20. The van der Waals surface area contributed by atoms with E-state index in [0.29, 0.717) is 6.54 Å². The molecule has 0 aliphatic heterocycles. The third kappa shape index (κ3) is 4.87. The Morgan fingerprint density at radius 2 is 2.18 bits per heavy atom. The molecule has 0 radical (unpaired) electrons. The maximum atomic E-state index is 10.3. The minimum atomic E-state index is -0.766. The van der Waals surface area contributed by atoms with Crippen molar-refractivity contribution in [3.05, 3.63) is 29.3 Å². The average molecular weight is 237 g/mol. The van der Waals surface area contributed by atoms with Gasteiger partial charge < -0.3 is 15.2 Å². The topological polar surface area (TPSA) is 58.6 Å². The Kier molecular flexibility index (Phi) is 5.49. The zero-order chi connectivity index (χ0) is 12.7. The first-order valence-corrected chi connectivity index (χ1v) is 5.69. The van der Waals surface area contributed by atoms with E-state index in [2.05, 4.69) is 11.4 Å². The van der Waals surface area contributed by atoms with Gasteiger partial charge in [0.1, 0.15) is 5.75 Å². The largest absolute Gasteiger partial charge is 0.496 e. The van der Waals surface area contributed by atoms with Crippen LogP contribution in [0.25, 0.3) is 0 Å². The lowest BCUT2D eigenvalue weighted by molar-refractivity contribution is -0.136. The van der Waals surface area contributed by atoms with Gasteiger partial charge in [-0.3, -0.25) is 4.79 Å². The molecule has 17 heavy (non-hydrogen) atoms. The number of benzene rings is 1. The minimum absolute atomic E-state index is 0.168. The first-order chi connectivity index (χ1) is 8.13. The van der Waals surface area contributed by atoms with Crippen molar-refractivity contribution in [3.63, 3.8) is 0 Å². The summed E-state index contributed by atoms with van der Waals surface area (Å²) < 4.78 is 5.19. The summed E-state index contributed by atoms with van der Waals surface area (Å²) >= 11 is 0. The predicted octanol–water partition coefficient (Wildman–Crippen LogP) is 1.61. The highest BCUT2D eigenvalue weighted by atomic mass is 16.5. The Morgan fingerprint density at radius 3 is 2.76 bits per heavy atom. The molecule has 1 aromatic rings. The number of carboxylic acids is 1. The molecule has 0 saturated carbocycles. The van der Waals surface area contributed by atoms with Crippen LogP contribution < -0.4 is 10.1 Å². The van der Waals surface area contributed by atoms with Crippen molar-refractivity contribution in [1.82, 2.24) is 5.32 Å². The zero-order valence-corrected chi connectivity index (χ0v) is 10.3. The Hall–Kier alpha value is -1.55. The van der Waals surface area contributed by atoms with Gasteiger partial charge in [0.25, 0.3) is 0 Å². The van der Waals surface area contributed by atoms with Crippen LogP contribution in [0.3, 0.4) is 0 Å². The molecule has 0 heterocycles. The summed E-state index contributed by atoms with van der Waals surface area (Å²) in [5, 5.41) is 11.6. The highest BCUT2D eigenvalue weighted by Crippen LogP contribution is 2.18. The zero-order valence-electron chi connectivity index (χ0n) is 10.3. The smallest absolute Gasteiger partial charge is 0.304 e. The van der Waals surface area contributed by atoms with E-state index in [-0.39, 0.29) is 6.42 Å². The van der Waals surface area contributed by atoms with E-state index in [1.807, 2.05) is 19.1 Å². The molecule has 0 aliphatic rings. The van der Waals surface area contributed by atoms with E-state index >= 15 is 0 Å².